The number of nitrogens with zero attached hydrogens (tertiary/aromatic N) is 1. The summed E-state index contributed by atoms with van der Waals surface area (Å²) in [5.41, 5.74) is 1.40. The molecule has 1 amide bonds. The van der Waals surface area contributed by atoms with Gasteiger partial charge in [-0.05, 0) is 31.5 Å². The quantitative estimate of drug-likeness (QED) is 0.333. The molecule has 0 aliphatic carbocycles. The predicted octanol–water partition coefficient (Wildman–Crippen LogP) is 4.06. The Morgan fingerprint density at radius 1 is 1.11 bits per heavy atom. The van der Waals surface area contributed by atoms with Crippen molar-refractivity contribution in [2.24, 2.45) is 0 Å². The monoisotopic (exact) mass is 511 g/mol. The van der Waals surface area contributed by atoms with Crippen LogP contribution in [-0.4, -0.2) is 35.6 Å². The van der Waals surface area contributed by atoms with Gasteiger partial charge in [-0.3, -0.25) is 0 Å². The van der Waals surface area contributed by atoms with Crippen molar-refractivity contribution >= 4 is 40.9 Å². The van der Waals surface area contributed by atoms with Crippen molar-refractivity contribution in [1.82, 2.24) is 5.32 Å². The average molecular weight is 512 g/mol. The lowest BCUT2D eigenvalue weighted by molar-refractivity contribution is -0.581. The second-order valence-corrected chi connectivity index (χ2v) is 9.94. The summed E-state index contributed by atoms with van der Waals surface area (Å²) in [6.45, 7) is 3.73. The molecule has 1 aromatic heterocycles. The minimum absolute atomic E-state index is 0.0875. The molecule has 3 aromatic rings. The number of thiazole rings is 1. The Labute approximate surface area is 212 Å². The molecule has 182 valence electrons. The van der Waals surface area contributed by atoms with E-state index >= 15 is 0 Å². The summed E-state index contributed by atoms with van der Waals surface area (Å²) in [6.07, 6.45) is 1.21. The van der Waals surface area contributed by atoms with E-state index in [2.05, 4.69) is 5.32 Å². The Kier molecular flexibility index (Phi) is 7.90. The van der Waals surface area contributed by atoms with Crippen molar-refractivity contribution in [3.05, 3.63) is 93.3 Å². The fourth-order valence-electron chi connectivity index (χ4n) is 3.80. The van der Waals surface area contributed by atoms with Crippen molar-refractivity contribution in [1.29, 1.82) is 0 Å². The Balaban J connectivity index is 1.53. The number of ether oxygens (including phenoxy) is 2. The highest BCUT2D eigenvalue weighted by Gasteiger charge is 2.50. The third kappa shape index (κ3) is 5.58. The third-order valence-corrected chi connectivity index (χ3v) is 7.90. The van der Waals surface area contributed by atoms with Crippen molar-refractivity contribution in [3.63, 3.8) is 0 Å². The molecule has 0 spiro atoms. The van der Waals surface area contributed by atoms with E-state index in [1.807, 2.05) is 76.8 Å². The summed E-state index contributed by atoms with van der Waals surface area (Å²) in [6, 6.07) is 18.1. The van der Waals surface area contributed by atoms with E-state index in [9.17, 15) is 14.7 Å². The number of esters is 1. The number of alkyl carbamates (subject to hydrolysis) is 1. The predicted molar refractivity (Wildman–Crippen MR) is 135 cm³/mol. The summed E-state index contributed by atoms with van der Waals surface area (Å²) in [5, 5.41) is 16.8. The molecule has 1 aliphatic heterocycles. The first-order chi connectivity index (χ1) is 16.9. The summed E-state index contributed by atoms with van der Waals surface area (Å²) in [5.74, 6) is -0.394. The highest BCUT2D eigenvalue weighted by atomic mass is 32.2. The van der Waals surface area contributed by atoms with Crippen molar-refractivity contribution in [2.45, 2.75) is 32.1 Å². The lowest BCUT2D eigenvalue weighted by atomic mass is 10.1. The van der Waals surface area contributed by atoms with Crippen LogP contribution in [0.5, 0.6) is 0 Å². The molecule has 0 saturated heterocycles. The number of carbonyl (C=O) groups excluding carboxylic acids is 2. The number of aliphatic hydroxyl groups is 1. The van der Waals surface area contributed by atoms with Gasteiger partial charge in [-0.2, -0.15) is 4.57 Å². The number of rotatable bonds is 9. The molecule has 9 heteroatoms. The summed E-state index contributed by atoms with van der Waals surface area (Å²) >= 11 is 2.78. The Hall–Kier alpha value is -3.14. The van der Waals surface area contributed by atoms with Crippen molar-refractivity contribution in [3.8, 4) is 0 Å². The van der Waals surface area contributed by atoms with Crippen LogP contribution in [0.1, 0.15) is 30.0 Å². The van der Waals surface area contributed by atoms with Crippen LogP contribution in [0.15, 0.2) is 77.1 Å². The summed E-state index contributed by atoms with van der Waals surface area (Å²) in [4.78, 5) is 25.8. The second kappa shape index (κ2) is 11.1. The first-order valence-electron chi connectivity index (χ1n) is 11.2. The zero-order valence-corrected chi connectivity index (χ0v) is 21.1. The zero-order chi connectivity index (χ0) is 24.8. The maximum Gasteiger partial charge on any atom is 0.408 e. The molecule has 7 nitrogen and oxygen atoms in total. The molecule has 0 radical (unpaired) electrons. The minimum Gasteiger partial charge on any atom is -0.464 e. The molecular formula is C26H27N2O5S2+. The van der Waals surface area contributed by atoms with Gasteiger partial charge in [0.25, 0.3) is 5.01 Å². The first kappa shape index (κ1) is 25.0. The highest BCUT2D eigenvalue weighted by molar-refractivity contribution is 8.03. The number of aromatic nitrogens is 1. The molecule has 35 heavy (non-hydrogen) atoms. The standard InChI is InChI=1S/C26H26N2O5S2/c1-3-32-23(29)20(27-25(30)33-16-18-10-6-4-7-11-18)17-35-22-21(19-12-8-5-9-13-19)28-14-15-34-24(28)26(22,2)31/h4-15,20,31H,3,16-17H2,1-2H3/p+1/t20-,26?/m0/s1. The molecule has 0 fully saturated rings. The number of carbonyl (C=O) groups is 2. The number of thioether (sulfide) groups is 1. The van der Waals surface area contributed by atoms with Gasteiger partial charge in [0.1, 0.15) is 17.6 Å². The van der Waals surface area contributed by atoms with Crippen LogP contribution in [0.2, 0.25) is 0 Å². The largest absolute Gasteiger partial charge is 0.464 e. The summed E-state index contributed by atoms with van der Waals surface area (Å²) in [7, 11) is 0. The number of hydrogen-bond acceptors (Lipinski definition) is 7. The van der Waals surface area contributed by atoms with Crippen LogP contribution in [-0.2, 0) is 26.5 Å². The number of fused-ring (bicyclic) bond motifs is 1. The average Bonchev–Trinajstić information content (AvgIpc) is 3.43. The van der Waals surface area contributed by atoms with E-state index in [0.29, 0.717) is 4.91 Å². The normalized spacial score (nSPS) is 17.6. The van der Waals surface area contributed by atoms with Crippen LogP contribution in [0.25, 0.3) is 5.70 Å². The van der Waals surface area contributed by atoms with E-state index in [1.54, 1.807) is 13.8 Å². The van der Waals surface area contributed by atoms with Crippen LogP contribution in [0.4, 0.5) is 4.79 Å². The number of benzene rings is 2. The molecule has 4 rings (SSSR count). The van der Waals surface area contributed by atoms with Gasteiger partial charge in [-0.1, -0.05) is 59.9 Å². The van der Waals surface area contributed by atoms with E-state index in [4.69, 9.17) is 9.47 Å². The van der Waals surface area contributed by atoms with Gasteiger partial charge in [0.05, 0.1) is 12.0 Å². The van der Waals surface area contributed by atoms with Crippen molar-refractivity contribution < 1.29 is 28.7 Å². The number of amides is 1. The van der Waals surface area contributed by atoms with Gasteiger partial charge >= 0.3 is 12.1 Å². The maximum absolute atomic E-state index is 12.7. The molecular weight excluding hydrogens is 484 g/mol. The van der Waals surface area contributed by atoms with Crippen LogP contribution in [0.3, 0.4) is 0 Å². The van der Waals surface area contributed by atoms with Crippen LogP contribution < -0.4 is 9.88 Å². The molecule has 2 aromatic carbocycles. The van der Waals surface area contributed by atoms with E-state index in [0.717, 1.165) is 21.8 Å². The van der Waals surface area contributed by atoms with Gasteiger partial charge in [0.2, 0.25) is 5.70 Å². The van der Waals surface area contributed by atoms with Gasteiger partial charge in [-0.15, -0.1) is 11.8 Å². The number of hydrogen-bond donors (Lipinski definition) is 2. The molecule has 1 unspecified atom stereocenters. The van der Waals surface area contributed by atoms with Crippen molar-refractivity contribution in [2.75, 3.05) is 12.4 Å². The Bertz CT molecular complexity index is 1210. The Morgan fingerprint density at radius 2 is 1.80 bits per heavy atom. The topological polar surface area (TPSA) is 88.7 Å². The lowest BCUT2D eigenvalue weighted by Gasteiger charge is -2.20. The van der Waals surface area contributed by atoms with Gasteiger partial charge in [0.15, 0.2) is 11.8 Å². The number of nitrogens with one attached hydrogen (secondary N) is 1. The molecule has 2 heterocycles. The minimum atomic E-state index is -1.24. The third-order valence-electron chi connectivity index (χ3n) is 5.44. The van der Waals surface area contributed by atoms with Crippen LogP contribution in [0, 0.1) is 0 Å². The van der Waals surface area contributed by atoms with Crippen LogP contribution >= 0.6 is 23.1 Å². The van der Waals surface area contributed by atoms with Gasteiger partial charge in [0, 0.05) is 11.3 Å². The van der Waals surface area contributed by atoms with Gasteiger partial charge in [-0.25, -0.2) is 9.59 Å². The SMILES string of the molecule is CCOC(=O)[C@H](CSC1=C(c2ccccc2)[n+]2ccsc2C1(C)O)NC(=O)OCc1ccccc1. The lowest BCUT2D eigenvalue weighted by Crippen LogP contribution is -2.44. The molecule has 2 N–H and O–H groups in total. The van der Waals surface area contributed by atoms with E-state index in [-0.39, 0.29) is 19.0 Å². The second-order valence-electron chi connectivity index (χ2n) is 8.02. The van der Waals surface area contributed by atoms with Gasteiger partial charge < -0.3 is 19.9 Å². The molecule has 0 saturated carbocycles. The van der Waals surface area contributed by atoms with E-state index < -0.39 is 23.7 Å². The maximum atomic E-state index is 12.7. The fraction of sp³-hybridized carbons (Fsp3) is 0.269. The smallest absolute Gasteiger partial charge is 0.408 e. The zero-order valence-electron chi connectivity index (χ0n) is 19.5. The first-order valence-corrected chi connectivity index (χ1v) is 13.1. The summed E-state index contributed by atoms with van der Waals surface area (Å²) < 4.78 is 12.5. The molecule has 0 bridgehead atoms. The van der Waals surface area contributed by atoms with E-state index in [1.165, 1.54) is 23.1 Å². The Morgan fingerprint density at radius 3 is 2.49 bits per heavy atom. The highest BCUT2D eigenvalue weighted by Crippen LogP contribution is 2.45. The molecule has 1 aliphatic rings. The fourth-order valence-corrected chi connectivity index (χ4v) is 6.06. The molecule has 2 atom stereocenters.